The van der Waals surface area contributed by atoms with Crippen LogP contribution in [0.5, 0.6) is 0 Å². The molecule has 1 aromatic carbocycles. The SMILES string of the molecule is O=C(Nc1ccc(Br)cc1)C1C2C=CC3(O2)C1C(=O)N(C1CCCCCC1)C3C(=O)NC1CCCCC1. The van der Waals surface area contributed by atoms with Gasteiger partial charge in [0.1, 0.15) is 11.6 Å². The van der Waals surface area contributed by atoms with Gasteiger partial charge in [0.25, 0.3) is 0 Å². The number of nitrogens with zero attached hydrogens (tertiary/aromatic N) is 1. The monoisotopic (exact) mass is 569 g/mol. The number of amides is 3. The Morgan fingerprint density at radius 2 is 1.57 bits per heavy atom. The maximum absolute atomic E-state index is 14.2. The van der Waals surface area contributed by atoms with E-state index in [0.717, 1.165) is 68.7 Å². The van der Waals surface area contributed by atoms with Crippen molar-refractivity contribution >= 4 is 39.3 Å². The Morgan fingerprint density at radius 3 is 2.27 bits per heavy atom. The number of carbonyl (C=O) groups is 3. The van der Waals surface area contributed by atoms with Gasteiger partial charge in [-0.25, -0.2) is 0 Å². The van der Waals surface area contributed by atoms with E-state index in [1.807, 2.05) is 41.3 Å². The van der Waals surface area contributed by atoms with Crippen molar-refractivity contribution in [1.29, 1.82) is 0 Å². The number of nitrogens with one attached hydrogen (secondary N) is 2. The third-order valence-corrected chi connectivity index (χ3v) is 9.67. The summed E-state index contributed by atoms with van der Waals surface area (Å²) in [6.07, 6.45) is 14.9. The topological polar surface area (TPSA) is 87.7 Å². The quantitative estimate of drug-likeness (QED) is 0.397. The predicted octanol–water partition coefficient (Wildman–Crippen LogP) is 4.71. The van der Waals surface area contributed by atoms with E-state index in [9.17, 15) is 14.4 Å². The summed E-state index contributed by atoms with van der Waals surface area (Å²) >= 11 is 3.42. The van der Waals surface area contributed by atoms with E-state index in [1.54, 1.807) is 0 Å². The van der Waals surface area contributed by atoms with Crippen LogP contribution in [-0.4, -0.2) is 52.5 Å². The smallest absolute Gasteiger partial charge is 0.246 e. The minimum Gasteiger partial charge on any atom is -0.359 e. The lowest BCUT2D eigenvalue weighted by Gasteiger charge is -2.37. The van der Waals surface area contributed by atoms with Crippen molar-refractivity contribution in [3.8, 4) is 0 Å². The average molecular weight is 571 g/mol. The molecule has 2 N–H and O–H groups in total. The molecule has 2 bridgehead atoms. The van der Waals surface area contributed by atoms with E-state index >= 15 is 0 Å². The molecule has 2 saturated heterocycles. The second kappa shape index (κ2) is 10.2. The normalized spacial score (nSPS) is 33.9. The molecule has 1 aromatic rings. The molecule has 2 aliphatic carbocycles. The first kappa shape index (κ1) is 25.1. The number of carbonyl (C=O) groups excluding carboxylic acids is 3. The molecule has 5 aliphatic rings. The Labute approximate surface area is 226 Å². The number of likely N-dealkylation sites (tertiary alicyclic amines) is 1. The highest BCUT2D eigenvalue weighted by atomic mass is 79.9. The molecular weight excluding hydrogens is 534 g/mol. The average Bonchev–Trinajstić information content (AvgIpc) is 3.44. The molecule has 6 rings (SSSR count). The fourth-order valence-corrected chi connectivity index (χ4v) is 7.69. The van der Waals surface area contributed by atoms with Gasteiger partial charge in [0, 0.05) is 22.2 Å². The van der Waals surface area contributed by atoms with E-state index < -0.39 is 29.6 Å². The van der Waals surface area contributed by atoms with Crippen molar-refractivity contribution in [1.82, 2.24) is 10.2 Å². The second-order valence-electron chi connectivity index (χ2n) is 11.4. The van der Waals surface area contributed by atoms with Gasteiger partial charge in [0.05, 0.1) is 17.9 Å². The van der Waals surface area contributed by atoms with Crippen molar-refractivity contribution in [2.24, 2.45) is 11.8 Å². The predicted molar refractivity (Wildman–Crippen MR) is 144 cm³/mol. The Morgan fingerprint density at radius 1 is 0.919 bits per heavy atom. The van der Waals surface area contributed by atoms with Gasteiger partial charge in [-0.3, -0.25) is 14.4 Å². The minimum absolute atomic E-state index is 0.00307. The number of halogens is 1. The molecule has 3 aliphatic heterocycles. The highest BCUT2D eigenvalue weighted by Gasteiger charge is 2.73. The van der Waals surface area contributed by atoms with Crippen LogP contribution in [0, 0.1) is 11.8 Å². The van der Waals surface area contributed by atoms with E-state index in [4.69, 9.17) is 4.74 Å². The summed E-state index contributed by atoms with van der Waals surface area (Å²) in [7, 11) is 0. The molecule has 3 heterocycles. The maximum atomic E-state index is 14.2. The lowest BCUT2D eigenvalue weighted by atomic mass is 9.74. The third kappa shape index (κ3) is 4.44. The fraction of sp³-hybridized carbons (Fsp3) is 0.621. The zero-order valence-electron chi connectivity index (χ0n) is 21.2. The summed E-state index contributed by atoms with van der Waals surface area (Å²) in [6, 6.07) is 6.81. The summed E-state index contributed by atoms with van der Waals surface area (Å²) in [5, 5.41) is 6.29. The van der Waals surface area contributed by atoms with Gasteiger partial charge in [-0.1, -0.05) is 73.0 Å². The van der Waals surface area contributed by atoms with Crippen molar-refractivity contribution in [2.45, 2.75) is 100 Å². The zero-order valence-corrected chi connectivity index (χ0v) is 22.8. The summed E-state index contributed by atoms with van der Waals surface area (Å²) in [5.74, 6) is -1.80. The molecule has 7 nitrogen and oxygen atoms in total. The summed E-state index contributed by atoms with van der Waals surface area (Å²) < 4.78 is 7.44. The number of ether oxygens (including phenoxy) is 1. The van der Waals surface area contributed by atoms with Crippen molar-refractivity contribution in [2.75, 3.05) is 5.32 Å². The van der Waals surface area contributed by atoms with Gasteiger partial charge >= 0.3 is 0 Å². The molecule has 3 amide bonds. The van der Waals surface area contributed by atoms with Crippen LogP contribution in [0.25, 0.3) is 0 Å². The van der Waals surface area contributed by atoms with E-state index in [-0.39, 0.29) is 29.8 Å². The first-order chi connectivity index (χ1) is 18.0. The van der Waals surface area contributed by atoms with Crippen LogP contribution in [0.3, 0.4) is 0 Å². The van der Waals surface area contributed by atoms with Crippen LogP contribution in [-0.2, 0) is 19.1 Å². The van der Waals surface area contributed by atoms with Crippen LogP contribution in [0.2, 0.25) is 0 Å². The first-order valence-corrected chi connectivity index (χ1v) is 14.8. The van der Waals surface area contributed by atoms with E-state index in [1.165, 1.54) is 6.42 Å². The van der Waals surface area contributed by atoms with Gasteiger partial charge in [-0.15, -0.1) is 0 Å². The Kier molecular flexibility index (Phi) is 6.90. The van der Waals surface area contributed by atoms with Gasteiger partial charge in [0.2, 0.25) is 17.7 Å². The largest absolute Gasteiger partial charge is 0.359 e. The molecular formula is C29H36BrN3O4. The highest BCUT2D eigenvalue weighted by molar-refractivity contribution is 9.10. The Balaban J connectivity index is 1.32. The molecule has 37 heavy (non-hydrogen) atoms. The van der Waals surface area contributed by atoms with Crippen LogP contribution in [0.4, 0.5) is 5.69 Å². The highest BCUT2D eigenvalue weighted by Crippen LogP contribution is 2.56. The number of anilines is 1. The fourth-order valence-electron chi connectivity index (χ4n) is 7.42. The summed E-state index contributed by atoms with van der Waals surface area (Å²) in [4.78, 5) is 43.7. The summed E-state index contributed by atoms with van der Waals surface area (Å²) in [5.41, 5.74) is -0.416. The molecule has 0 aromatic heterocycles. The van der Waals surface area contributed by atoms with Crippen LogP contribution in [0.15, 0.2) is 40.9 Å². The zero-order chi connectivity index (χ0) is 25.6. The Hall–Kier alpha value is -2.19. The molecule has 8 heteroatoms. The number of hydrogen-bond donors (Lipinski definition) is 2. The van der Waals surface area contributed by atoms with Gasteiger partial charge in [0.15, 0.2) is 0 Å². The lowest BCUT2D eigenvalue weighted by Crippen LogP contribution is -2.58. The van der Waals surface area contributed by atoms with Gasteiger partial charge in [-0.2, -0.15) is 0 Å². The van der Waals surface area contributed by atoms with Gasteiger partial charge < -0.3 is 20.3 Å². The molecule has 5 unspecified atom stereocenters. The molecule has 0 radical (unpaired) electrons. The van der Waals surface area contributed by atoms with E-state index in [2.05, 4.69) is 26.6 Å². The molecule has 198 valence electrons. The molecule has 1 spiro atoms. The van der Waals surface area contributed by atoms with Crippen LogP contribution < -0.4 is 10.6 Å². The van der Waals surface area contributed by atoms with Crippen molar-refractivity contribution < 1.29 is 19.1 Å². The van der Waals surface area contributed by atoms with Crippen molar-refractivity contribution in [3.05, 3.63) is 40.9 Å². The number of benzene rings is 1. The molecule has 5 atom stereocenters. The minimum atomic E-state index is -1.09. The van der Waals surface area contributed by atoms with Crippen LogP contribution in [0.1, 0.15) is 70.6 Å². The van der Waals surface area contributed by atoms with Crippen LogP contribution >= 0.6 is 15.9 Å². The maximum Gasteiger partial charge on any atom is 0.246 e. The first-order valence-electron chi connectivity index (χ1n) is 14.0. The number of rotatable bonds is 5. The Bertz CT molecular complexity index is 1080. The van der Waals surface area contributed by atoms with E-state index in [0.29, 0.717) is 5.69 Å². The number of hydrogen-bond acceptors (Lipinski definition) is 4. The molecule has 4 fully saturated rings. The number of fused-ring (bicyclic) bond motifs is 1. The molecule has 2 saturated carbocycles. The van der Waals surface area contributed by atoms with Crippen molar-refractivity contribution in [3.63, 3.8) is 0 Å². The van der Waals surface area contributed by atoms with Gasteiger partial charge in [-0.05, 0) is 49.9 Å². The third-order valence-electron chi connectivity index (χ3n) is 9.14. The standard InChI is InChI=1S/C29H36BrN3O4/c30-18-12-14-20(15-13-18)31-26(34)23-22-16-17-29(37-22)24(23)28(36)33(21-10-6-1-2-7-11-21)25(29)27(35)32-19-8-4-3-5-9-19/h12-17,19,21-25H,1-11H2,(H,31,34)(H,32,35). The summed E-state index contributed by atoms with van der Waals surface area (Å²) in [6.45, 7) is 0. The lowest BCUT2D eigenvalue weighted by molar-refractivity contribution is -0.144. The second-order valence-corrected chi connectivity index (χ2v) is 12.3.